The van der Waals surface area contributed by atoms with Crippen molar-refractivity contribution in [3.63, 3.8) is 0 Å². The summed E-state index contributed by atoms with van der Waals surface area (Å²) in [6.45, 7) is 10.5. The lowest BCUT2D eigenvalue weighted by Gasteiger charge is -2.29. The molecule has 1 aromatic rings. The van der Waals surface area contributed by atoms with Crippen LogP contribution in [0.25, 0.3) is 0 Å². The van der Waals surface area contributed by atoms with E-state index in [0.29, 0.717) is 23.7 Å². The molecular formula is C15H23FN2O. The number of benzene rings is 1. The maximum absolute atomic E-state index is 13.5. The van der Waals surface area contributed by atoms with Gasteiger partial charge < -0.3 is 11.1 Å². The van der Waals surface area contributed by atoms with Crippen LogP contribution in [0.1, 0.15) is 43.6 Å². The Balaban J connectivity index is 2.80. The van der Waals surface area contributed by atoms with Gasteiger partial charge in [0.15, 0.2) is 0 Å². The van der Waals surface area contributed by atoms with Crippen molar-refractivity contribution < 1.29 is 9.18 Å². The van der Waals surface area contributed by atoms with Gasteiger partial charge in [0.1, 0.15) is 5.82 Å². The second kappa shape index (κ2) is 5.59. The first-order valence-corrected chi connectivity index (χ1v) is 6.49. The van der Waals surface area contributed by atoms with Crippen LogP contribution < -0.4 is 11.1 Å². The highest BCUT2D eigenvalue weighted by molar-refractivity contribution is 5.95. The Hall–Kier alpha value is -1.58. The molecule has 0 aliphatic heterocycles. The fraction of sp³-hybridized carbons (Fsp3) is 0.533. The quantitative estimate of drug-likeness (QED) is 0.823. The molecule has 1 rings (SSSR count). The van der Waals surface area contributed by atoms with E-state index < -0.39 is 5.82 Å². The molecule has 0 aromatic heterocycles. The Kier molecular flexibility index (Phi) is 4.56. The molecule has 1 aromatic carbocycles. The molecule has 1 amide bonds. The third kappa shape index (κ3) is 3.69. The number of halogens is 1. The summed E-state index contributed by atoms with van der Waals surface area (Å²) in [5.41, 5.74) is 6.60. The van der Waals surface area contributed by atoms with Crippen molar-refractivity contribution in [1.82, 2.24) is 5.32 Å². The maximum atomic E-state index is 13.5. The molecule has 0 unspecified atom stereocenters. The zero-order valence-corrected chi connectivity index (χ0v) is 12.3. The smallest absolute Gasteiger partial charge is 0.251 e. The highest BCUT2D eigenvalue weighted by atomic mass is 19.1. The fourth-order valence-electron chi connectivity index (χ4n) is 1.45. The number of carbonyl (C=O) groups is 1. The molecule has 106 valence electrons. The van der Waals surface area contributed by atoms with Gasteiger partial charge in [-0.25, -0.2) is 4.39 Å². The van der Waals surface area contributed by atoms with Crippen molar-refractivity contribution in [2.24, 2.45) is 11.3 Å². The summed E-state index contributed by atoms with van der Waals surface area (Å²) >= 11 is 0. The minimum atomic E-state index is -0.451. The minimum absolute atomic E-state index is 0.00948. The lowest BCUT2D eigenvalue weighted by molar-refractivity contribution is 0.0924. The van der Waals surface area contributed by atoms with E-state index in [1.165, 1.54) is 12.1 Å². The van der Waals surface area contributed by atoms with Gasteiger partial charge in [0.05, 0.1) is 0 Å². The van der Waals surface area contributed by atoms with Crippen molar-refractivity contribution in [1.29, 1.82) is 0 Å². The van der Waals surface area contributed by atoms with E-state index in [1.54, 1.807) is 6.92 Å². The van der Waals surface area contributed by atoms with E-state index in [1.807, 2.05) is 0 Å². The second-order valence-corrected chi connectivity index (χ2v) is 6.00. The summed E-state index contributed by atoms with van der Waals surface area (Å²) in [7, 11) is 0. The molecule has 0 aliphatic carbocycles. The van der Waals surface area contributed by atoms with Gasteiger partial charge >= 0.3 is 0 Å². The molecule has 0 aliphatic rings. The molecule has 3 nitrogen and oxygen atoms in total. The van der Waals surface area contributed by atoms with Crippen molar-refractivity contribution >= 4 is 11.6 Å². The van der Waals surface area contributed by atoms with E-state index in [9.17, 15) is 9.18 Å². The number of rotatable bonds is 4. The average molecular weight is 266 g/mol. The molecule has 0 fully saturated rings. The van der Waals surface area contributed by atoms with Crippen LogP contribution in [0, 0.1) is 24.1 Å². The van der Waals surface area contributed by atoms with Gasteiger partial charge in [0, 0.05) is 23.4 Å². The average Bonchev–Trinajstić information content (AvgIpc) is 2.32. The van der Waals surface area contributed by atoms with Crippen LogP contribution in [0.5, 0.6) is 0 Å². The van der Waals surface area contributed by atoms with E-state index >= 15 is 0 Å². The third-order valence-electron chi connectivity index (χ3n) is 3.91. The molecule has 0 saturated carbocycles. The Morgan fingerprint density at radius 2 is 2.00 bits per heavy atom. The van der Waals surface area contributed by atoms with Gasteiger partial charge in [-0.1, -0.05) is 27.7 Å². The Bertz CT molecular complexity index is 458. The number of carbonyl (C=O) groups excluding carboxylic acids is 1. The predicted octanol–water partition coefficient (Wildman–Crippen LogP) is 3.13. The van der Waals surface area contributed by atoms with Gasteiger partial charge in [-0.15, -0.1) is 0 Å². The second-order valence-electron chi connectivity index (χ2n) is 6.00. The predicted molar refractivity (Wildman–Crippen MR) is 76.5 cm³/mol. The largest absolute Gasteiger partial charge is 0.398 e. The van der Waals surface area contributed by atoms with Crippen LogP contribution in [-0.4, -0.2) is 12.5 Å². The van der Waals surface area contributed by atoms with E-state index in [-0.39, 0.29) is 16.9 Å². The summed E-state index contributed by atoms with van der Waals surface area (Å²) in [6, 6.07) is 2.74. The molecule has 0 heterocycles. The first-order valence-electron chi connectivity index (χ1n) is 6.49. The highest BCUT2D eigenvalue weighted by Crippen LogP contribution is 2.25. The van der Waals surface area contributed by atoms with Gasteiger partial charge in [0.2, 0.25) is 0 Å². The monoisotopic (exact) mass is 266 g/mol. The fourth-order valence-corrected chi connectivity index (χ4v) is 1.45. The van der Waals surface area contributed by atoms with Gasteiger partial charge in [0.25, 0.3) is 5.91 Å². The lowest BCUT2D eigenvalue weighted by atomic mass is 9.81. The summed E-state index contributed by atoms with van der Waals surface area (Å²) in [5.74, 6) is -0.305. The summed E-state index contributed by atoms with van der Waals surface area (Å²) in [6.07, 6.45) is 0. The summed E-state index contributed by atoms with van der Waals surface area (Å²) in [5, 5.41) is 2.83. The number of anilines is 1. The number of nitrogens with one attached hydrogen (secondary N) is 1. The van der Waals surface area contributed by atoms with Crippen molar-refractivity contribution in [3.05, 3.63) is 29.1 Å². The van der Waals surface area contributed by atoms with Crippen molar-refractivity contribution in [3.8, 4) is 0 Å². The first kappa shape index (κ1) is 15.5. The van der Waals surface area contributed by atoms with Gasteiger partial charge in [-0.2, -0.15) is 0 Å². The van der Waals surface area contributed by atoms with Crippen LogP contribution in [0.15, 0.2) is 12.1 Å². The van der Waals surface area contributed by atoms with Gasteiger partial charge in [-0.05, 0) is 30.4 Å². The van der Waals surface area contributed by atoms with Crippen LogP contribution >= 0.6 is 0 Å². The van der Waals surface area contributed by atoms with Crippen molar-refractivity contribution in [2.45, 2.75) is 34.6 Å². The Labute approximate surface area is 114 Å². The van der Waals surface area contributed by atoms with E-state index in [2.05, 4.69) is 33.0 Å². The van der Waals surface area contributed by atoms with Crippen LogP contribution in [-0.2, 0) is 0 Å². The molecule has 4 heteroatoms. The Morgan fingerprint density at radius 1 is 1.42 bits per heavy atom. The standard InChI is InChI=1S/C15H23FN2O/c1-9(2)15(4,5)8-18-14(19)11-6-12(16)10(3)13(17)7-11/h6-7,9H,8,17H2,1-5H3,(H,18,19). The number of amides is 1. The molecule has 0 atom stereocenters. The molecule has 3 N–H and O–H groups in total. The molecule has 0 radical (unpaired) electrons. The Morgan fingerprint density at radius 3 is 2.47 bits per heavy atom. The maximum Gasteiger partial charge on any atom is 0.251 e. The molecule has 0 bridgehead atoms. The number of hydrogen-bond donors (Lipinski definition) is 2. The van der Waals surface area contributed by atoms with Crippen LogP contribution in [0.4, 0.5) is 10.1 Å². The number of nitrogen functional groups attached to an aromatic ring is 1. The molecule has 19 heavy (non-hydrogen) atoms. The lowest BCUT2D eigenvalue weighted by Crippen LogP contribution is -2.37. The molecule has 0 spiro atoms. The van der Waals surface area contributed by atoms with Crippen molar-refractivity contribution in [2.75, 3.05) is 12.3 Å². The normalized spacial score (nSPS) is 11.7. The topological polar surface area (TPSA) is 55.1 Å². The van der Waals surface area contributed by atoms with Gasteiger partial charge in [-0.3, -0.25) is 4.79 Å². The zero-order valence-electron chi connectivity index (χ0n) is 12.3. The van der Waals surface area contributed by atoms with Crippen LogP contribution in [0.2, 0.25) is 0 Å². The van der Waals surface area contributed by atoms with E-state index in [0.717, 1.165) is 0 Å². The summed E-state index contributed by atoms with van der Waals surface area (Å²) < 4.78 is 13.5. The first-order chi connectivity index (χ1) is 8.65. The number of nitrogens with two attached hydrogens (primary N) is 1. The minimum Gasteiger partial charge on any atom is -0.398 e. The number of hydrogen-bond acceptors (Lipinski definition) is 2. The third-order valence-corrected chi connectivity index (χ3v) is 3.91. The van der Waals surface area contributed by atoms with E-state index in [4.69, 9.17) is 5.73 Å². The zero-order chi connectivity index (χ0) is 14.8. The highest BCUT2D eigenvalue weighted by Gasteiger charge is 2.23. The summed E-state index contributed by atoms with van der Waals surface area (Å²) in [4.78, 5) is 12.0. The van der Waals surface area contributed by atoms with Crippen LogP contribution in [0.3, 0.4) is 0 Å². The molecule has 0 saturated heterocycles. The SMILES string of the molecule is Cc1c(N)cc(C(=O)NCC(C)(C)C(C)C)cc1F. The molecular weight excluding hydrogens is 243 g/mol.